The third-order valence-corrected chi connectivity index (χ3v) is 5.86. The fraction of sp³-hybridized carbons (Fsp3) is 0.346. The molecule has 1 aliphatic heterocycles. The Bertz CT molecular complexity index is 1290. The molecule has 9 heteroatoms. The molecular weight excluding hydrogens is 446 g/mol. The Morgan fingerprint density at radius 2 is 1.97 bits per heavy atom. The Kier molecular flexibility index (Phi) is 6.37. The van der Waals surface area contributed by atoms with Gasteiger partial charge in [-0.1, -0.05) is 37.3 Å². The van der Waals surface area contributed by atoms with Gasteiger partial charge >= 0.3 is 6.09 Å². The number of hydrogen-bond donors (Lipinski definition) is 2. The zero-order valence-electron chi connectivity index (χ0n) is 20.5. The number of carbonyl (C=O) groups excluding carboxylic acids is 3. The number of anilines is 2. The third kappa shape index (κ3) is 5.05. The number of rotatable bonds is 4. The van der Waals surface area contributed by atoms with Gasteiger partial charge in [0.1, 0.15) is 17.2 Å². The van der Waals surface area contributed by atoms with Crippen LogP contribution in [-0.4, -0.2) is 44.9 Å². The van der Waals surface area contributed by atoms with E-state index in [-0.39, 0.29) is 17.7 Å². The maximum atomic E-state index is 13.0. The lowest BCUT2D eigenvalue weighted by Crippen LogP contribution is -2.35. The van der Waals surface area contributed by atoms with Crippen molar-refractivity contribution in [3.05, 3.63) is 65.7 Å². The van der Waals surface area contributed by atoms with Crippen LogP contribution >= 0.6 is 0 Å². The topological polar surface area (TPSA) is 109 Å². The summed E-state index contributed by atoms with van der Waals surface area (Å²) in [6.07, 6.45) is 2.11. The highest BCUT2D eigenvalue weighted by Gasteiger charge is 2.33. The lowest BCUT2D eigenvalue weighted by Gasteiger charge is -2.37. The van der Waals surface area contributed by atoms with Gasteiger partial charge in [-0.2, -0.15) is 9.78 Å². The van der Waals surface area contributed by atoms with Gasteiger partial charge in [0.2, 0.25) is 0 Å². The van der Waals surface area contributed by atoms with E-state index in [1.165, 1.54) is 12.4 Å². The highest BCUT2D eigenvalue weighted by molar-refractivity contribution is 6.05. The van der Waals surface area contributed by atoms with Gasteiger partial charge < -0.3 is 19.9 Å². The maximum Gasteiger partial charge on any atom is 0.435 e. The first kappa shape index (κ1) is 24.0. The number of fused-ring (bicyclic) bond motifs is 1. The molecule has 3 heterocycles. The van der Waals surface area contributed by atoms with E-state index in [1.807, 2.05) is 25.1 Å². The zero-order chi connectivity index (χ0) is 25.3. The summed E-state index contributed by atoms with van der Waals surface area (Å²) in [6.45, 7) is 9.97. The van der Waals surface area contributed by atoms with Crippen LogP contribution in [0.15, 0.2) is 48.8 Å². The van der Waals surface area contributed by atoms with E-state index >= 15 is 0 Å². The molecule has 35 heavy (non-hydrogen) atoms. The van der Waals surface area contributed by atoms with E-state index in [0.29, 0.717) is 23.5 Å². The summed E-state index contributed by atoms with van der Waals surface area (Å²) in [5.74, 6) is 1.57. The van der Waals surface area contributed by atoms with Crippen LogP contribution in [0.3, 0.4) is 0 Å². The molecule has 2 atom stereocenters. The molecule has 9 nitrogen and oxygen atoms in total. The van der Waals surface area contributed by atoms with Crippen molar-refractivity contribution in [2.24, 2.45) is 5.92 Å². The predicted molar refractivity (Wildman–Crippen MR) is 133 cm³/mol. The summed E-state index contributed by atoms with van der Waals surface area (Å²) in [6, 6.07) is 11.8. The second-order valence-corrected chi connectivity index (χ2v) is 9.71. The molecule has 0 saturated heterocycles. The van der Waals surface area contributed by atoms with Crippen molar-refractivity contribution >= 4 is 34.9 Å². The molecule has 4 rings (SSSR count). The number of benzene rings is 1. The summed E-state index contributed by atoms with van der Waals surface area (Å²) in [4.78, 5) is 42.3. The molecule has 1 aliphatic rings. The second-order valence-electron chi connectivity index (χ2n) is 9.71. The molecule has 0 aliphatic carbocycles. The van der Waals surface area contributed by atoms with Crippen molar-refractivity contribution in [2.75, 3.05) is 16.8 Å². The summed E-state index contributed by atoms with van der Waals surface area (Å²) < 4.78 is 6.31. The fourth-order valence-corrected chi connectivity index (χ4v) is 4.15. The Labute approximate surface area is 203 Å². The van der Waals surface area contributed by atoms with Crippen molar-refractivity contribution in [1.82, 2.24) is 14.8 Å². The Hall–Kier alpha value is -4.10. The van der Waals surface area contributed by atoms with Gasteiger partial charge in [0, 0.05) is 12.5 Å². The van der Waals surface area contributed by atoms with Crippen LogP contribution in [0, 0.1) is 5.92 Å². The number of hydrogen-bond acceptors (Lipinski definition) is 6. The molecule has 1 amide bonds. The number of nitrogens with zero attached hydrogens (tertiary/aromatic N) is 3. The van der Waals surface area contributed by atoms with Gasteiger partial charge in [-0.3, -0.25) is 4.79 Å². The van der Waals surface area contributed by atoms with Crippen LogP contribution in [0.5, 0.6) is 0 Å². The summed E-state index contributed by atoms with van der Waals surface area (Å²) in [7, 11) is 0. The first-order valence-electron chi connectivity index (χ1n) is 11.5. The molecule has 2 aromatic heterocycles. The first-order chi connectivity index (χ1) is 16.6. The van der Waals surface area contributed by atoms with E-state index in [1.54, 1.807) is 26.8 Å². The molecule has 2 unspecified atom stereocenters. The normalized spacial score (nSPS) is 16.3. The summed E-state index contributed by atoms with van der Waals surface area (Å²) in [5.41, 5.74) is 2.96. The molecule has 0 bridgehead atoms. The minimum atomic E-state index is -0.667. The van der Waals surface area contributed by atoms with Crippen molar-refractivity contribution in [2.45, 2.75) is 46.3 Å². The minimum Gasteiger partial charge on any atom is -0.442 e. The number of amides is 1. The number of nitrogens with one attached hydrogen (secondary N) is 2. The fourth-order valence-electron chi connectivity index (χ4n) is 4.15. The van der Waals surface area contributed by atoms with Crippen molar-refractivity contribution < 1.29 is 19.1 Å². The molecule has 0 fully saturated rings. The van der Waals surface area contributed by atoms with Crippen molar-refractivity contribution in [1.29, 1.82) is 0 Å². The standard InChI is InChI=1S/C26H29N5O4/c1-16-13-30(17(2)18-9-7-6-8-10-18)22-11-21(29-23(22)20(16)15-32)24(33)28-19-12-27-31(14-19)25(34)35-26(3,4)5/h6-12,14,16-17,29H,13H2,1-5H3,(H,28,33). The molecule has 3 aromatic rings. The van der Waals surface area contributed by atoms with Crippen LogP contribution in [0.1, 0.15) is 62.4 Å². The van der Waals surface area contributed by atoms with Crippen LogP contribution in [0.25, 0.3) is 5.57 Å². The zero-order valence-corrected chi connectivity index (χ0v) is 20.5. The monoisotopic (exact) mass is 475 g/mol. The number of ether oxygens (including phenoxy) is 1. The second kappa shape index (κ2) is 9.27. The van der Waals surface area contributed by atoms with E-state index in [2.05, 4.69) is 45.3 Å². The average molecular weight is 476 g/mol. The molecule has 0 saturated carbocycles. The molecule has 1 aromatic carbocycles. The van der Waals surface area contributed by atoms with E-state index in [4.69, 9.17) is 4.74 Å². The van der Waals surface area contributed by atoms with E-state index in [9.17, 15) is 14.4 Å². The van der Waals surface area contributed by atoms with Gasteiger partial charge in [-0.05, 0) is 39.3 Å². The van der Waals surface area contributed by atoms with Gasteiger partial charge in [0.05, 0.1) is 41.1 Å². The largest absolute Gasteiger partial charge is 0.442 e. The van der Waals surface area contributed by atoms with Crippen molar-refractivity contribution in [3.63, 3.8) is 0 Å². The van der Waals surface area contributed by atoms with Crippen LogP contribution in [0.4, 0.5) is 16.2 Å². The quantitative estimate of drug-likeness (QED) is 0.531. The van der Waals surface area contributed by atoms with Gasteiger partial charge in [0.25, 0.3) is 5.91 Å². The van der Waals surface area contributed by atoms with Gasteiger partial charge in [-0.25, -0.2) is 9.59 Å². The summed E-state index contributed by atoms with van der Waals surface area (Å²) in [5, 5.41) is 6.71. The van der Waals surface area contributed by atoms with Crippen LogP contribution in [0.2, 0.25) is 0 Å². The number of carbonyl (C=O) groups is 2. The molecular formula is C26H29N5O4. The smallest absolute Gasteiger partial charge is 0.435 e. The number of aromatic amines is 1. The van der Waals surface area contributed by atoms with E-state index in [0.717, 1.165) is 15.9 Å². The van der Waals surface area contributed by atoms with Gasteiger partial charge in [0.15, 0.2) is 0 Å². The lowest BCUT2D eigenvalue weighted by molar-refractivity contribution is 0.0514. The van der Waals surface area contributed by atoms with Crippen molar-refractivity contribution in [3.8, 4) is 0 Å². The number of aromatic nitrogens is 3. The Morgan fingerprint density at radius 1 is 1.26 bits per heavy atom. The average Bonchev–Trinajstić information content (AvgIpc) is 3.45. The molecule has 182 valence electrons. The summed E-state index contributed by atoms with van der Waals surface area (Å²) >= 11 is 0. The lowest BCUT2D eigenvalue weighted by atomic mass is 9.91. The Balaban J connectivity index is 1.59. The number of H-pyrrole nitrogens is 1. The highest BCUT2D eigenvalue weighted by Crippen LogP contribution is 2.41. The minimum absolute atomic E-state index is 0.0318. The SMILES string of the molecule is CC1CN(C(C)c2ccccc2)c2cc(C(=O)Nc3cnn(C(=O)OC(C)(C)C)c3)[nH]c2C1=C=O. The molecule has 2 N–H and O–H groups in total. The third-order valence-electron chi connectivity index (χ3n) is 5.86. The predicted octanol–water partition coefficient (Wildman–Crippen LogP) is 4.68. The highest BCUT2D eigenvalue weighted by atomic mass is 16.6. The van der Waals surface area contributed by atoms with E-state index < -0.39 is 17.6 Å². The maximum absolute atomic E-state index is 13.0. The molecule has 0 spiro atoms. The van der Waals surface area contributed by atoms with Gasteiger partial charge in [-0.15, -0.1) is 0 Å². The molecule has 0 radical (unpaired) electrons. The Morgan fingerprint density at radius 3 is 2.63 bits per heavy atom. The van der Waals surface area contributed by atoms with Crippen LogP contribution < -0.4 is 10.2 Å². The first-order valence-corrected chi connectivity index (χ1v) is 11.5. The van der Waals surface area contributed by atoms with Crippen LogP contribution in [-0.2, 0) is 9.53 Å².